The first-order chi connectivity index (χ1) is 10.2. The summed E-state index contributed by atoms with van der Waals surface area (Å²) in [7, 11) is 7.96. The summed E-state index contributed by atoms with van der Waals surface area (Å²) in [4.78, 5) is 4.55. The van der Waals surface area contributed by atoms with Crippen LogP contribution in [0.2, 0.25) is 0 Å². The zero-order chi connectivity index (χ0) is 16.7. The number of aromatic hydroxyl groups is 2. The Morgan fingerprint density at radius 1 is 1.09 bits per heavy atom. The number of rotatable bonds is 3. The lowest BCUT2D eigenvalue weighted by Gasteiger charge is -2.29. The van der Waals surface area contributed by atoms with Crippen LogP contribution >= 0.6 is 0 Å². The molecule has 1 heterocycles. The van der Waals surface area contributed by atoms with E-state index < -0.39 is 0 Å². The summed E-state index contributed by atoms with van der Waals surface area (Å²) in [5.74, 6) is 0.726. The zero-order valence-corrected chi connectivity index (χ0v) is 14.2. The highest BCUT2D eigenvalue weighted by atomic mass is 16.3. The zero-order valence-electron chi connectivity index (χ0n) is 14.2. The van der Waals surface area contributed by atoms with Crippen LogP contribution in [0.15, 0.2) is 24.4 Å². The molecule has 2 N–H and O–H groups in total. The number of phenolic OH excluding ortho intramolecular Hbond substituents is 2. The van der Waals surface area contributed by atoms with Crippen LogP contribution in [0.3, 0.4) is 0 Å². The number of aromatic nitrogens is 1. The van der Waals surface area contributed by atoms with Gasteiger partial charge in [-0.25, -0.2) is 0 Å². The predicted molar refractivity (Wildman–Crippen MR) is 103 cm³/mol. The molecule has 0 fully saturated rings. The first-order valence-corrected chi connectivity index (χ1v) is 7.65. The lowest BCUT2D eigenvalue weighted by Crippen LogP contribution is -2.33. The molecule has 1 aromatic heterocycles. The molecule has 0 aliphatic carbocycles. The largest absolute Gasteiger partial charge is 0.509 e. The Hall–Kier alpha value is -1.77. The maximum absolute atomic E-state index is 10.1. The first kappa shape index (κ1) is 16.6. The fourth-order valence-electron chi connectivity index (χ4n) is 2.42. The summed E-state index contributed by atoms with van der Waals surface area (Å²) in [6, 6.07) is 5.70. The molecular weight excluding hydrogens is 269 g/mol. The van der Waals surface area contributed by atoms with E-state index in [-0.39, 0.29) is 16.7 Å². The molecule has 0 aliphatic heterocycles. The Kier molecular flexibility index (Phi) is 4.37. The molecule has 2 rings (SSSR count). The van der Waals surface area contributed by atoms with E-state index in [1.807, 2.05) is 20.1 Å². The van der Waals surface area contributed by atoms with Crippen LogP contribution in [0.5, 0.6) is 11.5 Å². The molecule has 0 amide bonds. The van der Waals surface area contributed by atoms with Gasteiger partial charge in [-0.2, -0.15) is 0 Å². The van der Waals surface area contributed by atoms with Crippen molar-refractivity contribution >= 4 is 42.3 Å². The van der Waals surface area contributed by atoms with Crippen LogP contribution in [0.4, 0.5) is 0 Å². The number of phenols is 2. The molecular formula is C15H21B4NO2. The van der Waals surface area contributed by atoms with E-state index in [4.69, 9.17) is 0 Å². The lowest BCUT2D eigenvalue weighted by molar-refractivity contribution is 0.461. The van der Waals surface area contributed by atoms with E-state index in [0.29, 0.717) is 11.4 Å². The van der Waals surface area contributed by atoms with Crippen molar-refractivity contribution in [1.29, 1.82) is 0 Å². The van der Waals surface area contributed by atoms with E-state index in [1.165, 1.54) is 5.56 Å². The molecule has 2 aromatic rings. The van der Waals surface area contributed by atoms with Gasteiger partial charge in [0, 0.05) is 11.8 Å². The molecule has 22 heavy (non-hydrogen) atoms. The third kappa shape index (κ3) is 2.77. The van der Waals surface area contributed by atoms with Crippen LogP contribution in [0.25, 0.3) is 11.3 Å². The molecule has 7 heteroatoms. The van der Waals surface area contributed by atoms with Crippen molar-refractivity contribution in [2.75, 3.05) is 0 Å². The Bertz CT molecular complexity index is 700. The third-order valence-electron chi connectivity index (χ3n) is 5.01. The number of pyridine rings is 1. The Balaban J connectivity index is 2.49. The van der Waals surface area contributed by atoms with Crippen LogP contribution in [-0.2, 0) is 5.21 Å². The summed E-state index contributed by atoms with van der Waals surface area (Å²) < 4.78 is 0. The van der Waals surface area contributed by atoms with E-state index in [9.17, 15) is 10.2 Å². The molecule has 0 atom stereocenters. The van der Waals surface area contributed by atoms with E-state index in [0.717, 1.165) is 16.7 Å². The van der Waals surface area contributed by atoms with Crippen molar-refractivity contribution in [2.24, 2.45) is 5.92 Å². The smallest absolute Gasteiger partial charge is 0.149 e. The van der Waals surface area contributed by atoms with Gasteiger partial charge in [0.2, 0.25) is 0 Å². The highest BCUT2D eigenvalue weighted by molar-refractivity contribution is 6.44. The Morgan fingerprint density at radius 2 is 1.73 bits per heavy atom. The van der Waals surface area contributed by atoms with Gasteiger partial charge in [-0.05, 0) is 28.6 Å². The Labute approximate surface area is 135 Å². The topological polar surface area (TPSA) is 53.4 Å². The third-order valence-corrected chi connectivity index (χ3v) is 5.01. The van der Waals surface area contributed by atoms with Gasteiger partial charge in [-0.15, -0.1) is 0 Å². The molecule has 110 valence electrons. The minimum Gasteiger partial charge on any atom is -0.509 e. The fraction of sp³-hybridized carbons (Fsp3) is 0.267. The van der Waals surface area contributed by atoms with Gasteiger partial charge in [0.15, 0.2) is 0 Å². The van der Waals surface area contributed by atoms with Crippen LogP contribution in [0.1, 0.15) is 19.4 Å². The number of benzene rings is 1. The minimum absolute atomic E-state index is 0.0537. The summed E-state index contributed by atoms with van der Waals surface area (Å²) in [5, 5.41) is 20.1. The van der Waals surface area contributed by atoms with Crippen LogP contribution < -0.4 is 10.9 Å². The van der Waals surface area contributed by atoms with Crippen molar-refractivity contribution < 1.29 is 10.2 Å². The van der Waals surface area contributed by atoms with Crippen molar-refractivity contribution in [3.8, 4) is 22.8 Å². The molecule has 0 bridgehead atoms. The van der Waals surface area contributed by atoms with E-state index in [2.05, 4.69) is 40.6 Å². The van der Waals surface area contributed by atoms with Gasteiger partial charge in [0.1, 0.15) is 42.9 Å². The van der Waals surface area contributed by atoms with Crippen molar-refractivity contribution in [3.05, 3.63) is 30.0 Å². The van der Waals surface area contributed by atoms with Gasteiger partial charge >= 0.3 is 0 Å². The summed E-state index contributed by atoms with van der Waals surface area (Å²) in [5.41, 5.74) is 3.93. The summed E-state index contributed by atoms with van der Waals surface area (Å²) in [6.45, 7) is 4.40. The SMILES string of the molecule is Bc1c(O)cc(-c2ccc(C(B)(B)C(C)C)cn2)c(B)c1O. The summed E-state index contributed by atoms with van der Waals surface area (Å²) >= 11 is 0. The number of hydrogen-bond acceptors (Lipinski definition) is 3. The standard InChI is InChI=1S/C15H21B4NO2/c1-7(2)15(18,19)8-3-4-10(20-6-8)9-5-11(21)13(17)14(22)12(9)16/h3-7,21-22H,16-19H2,1-2H3. The van der Waals surface area contributed by atoms with Gasteiger partial charge < -0.3 is 10.2 Å². The normalized spacial score (nSPS) is 11.8. The molecule has 0 unspecified atom stereocenters. The number of hydrogen-bond donors (Lipinski definition) is 2. The molecule has 3 nitrogen and oxygen atoms in total. The average Bonchev–Trinajstić information content (AvgIpc) is 2.48. The highest BCUT2D eigenvalue weighted by Gasteiger charge is 2.25. The summed E-state index contributed by atoms with van der Waals surface area (Å²) in [6.07, 6.45) is 1.89. The van der Waals surface area contributed by atoms with Gasteiger partial charge in [0.05, 0.1) is 5.69 Å². The van der Waals surface area contributed by atoms with Crippen LogP contribution in [0, 0.1) is 5.92 Å². The molecule has 0 radical (unpaired) electrons. The van der Waals surface area contributed by atoms with Crippen molar-refractivity contribution in [3.63, 3.8) is 0 Å². The Morgan fingerprint density at radius 3 is 2.23 bits per heavy atom. The van der Waals surface area contributed by atoms with E-state index in [1.54, 1.807) is 13.9 Å². The second kappa shape index (κ2) is 5.79. The maximum Gasteiger partial charge on any atom is 0.149 e. The quantitative estimate of drug-likeness (QED) is 0.628. The second-order valence-electron chi connectivity index (χ2n) is 6.85. The minimum atomic E-state index is 0.0537. The molecule has 0 spiro atoms. The monoisotopic (exact) mass is 291 g/mol. The molecule has 0 saturated heterocycles. The van der Waals surface area contributed by atoms with E-state index >= 15 is 0 Å². The fourth-order valence-corrected chi connectivity index (χ4v) is 2.42. The maximum atomic E-state index is 10.1. The molecule has 1 aromatic carbocycles. The molecule has 0 aliphatic rings. The average molecular weight is 291 g/mol. The predicted octanol–water partition coefficient (Wildman–Crippen LogP) is -2.25. The second-order valence-corrected chi connectivity index (χ2v) is 6.85. The van der Waals surface area contributed by atoms with Gasteiger partial charge in [0.25, 0.3) is 0 Å². The first-order valence-electron chi connectivity index (χ1n) is 7.65. The van der Waals surface area contributed by atoms with Gasteiger partial charge in [-0.3, -0.25) is 4.98 Å². The van der Waals surface area contributed by atoms with Gasteiger partial charge in [-0.1, -0.05) is 31.0 Å². The number of nitrogens with zero attached hydrogens (tertiary/aromatic N) is 1. The lowest BCUT2D eigenvalue weighted by atomic mass is 9.46. The van der Waals surface area contributed by atoms with Crippen molar-refractivity contribution in [1.82, 2.24) is 4.98 Å². The van der Waals surface area contributed by atoms with Crippen molar-refractivity contribution in [2.45, 2.75) is 19.1 Å². The molecule has 0 saturated carbocycles. The van der Waals surface area contributed by atoms with Crippen LogP contribution in [-0.4, -0.2) is 46.6 Å². The highest BCUT2D eigenvalue weighted by Crippen LogP contribution is 2.27.